The van der Waals surface area contributed by atoms with Crippen molar-refractivity contribution in [1.29, 1.82) is 0 Å². The summed E-state index contributed by atoms with van der Waals surface area (Å²) in [5.41, 5.74) is -0.727. The normalized spacial score (nSPS) is 10.4. The minimum atomic E-state index is -0.734. The Balaban J connectivity index is 2.55. The van der Waals surface area contributed by atoms with Gasteiger partial charge in [0.2, 0.25) is 5.82 Å². The molecule has 98 valence electrons. The third-order valence-corrected chi connectivity index (χ3v) is 2.36. The van der Waals surface area contributed by atoms with Gasteiger partial charge in [-0.1, -0.05) is 11.6 Å². The SMILES string of the molecule is O=[N+]([O-])c1cc(-c2nnn(CCl)n2)cc([N+](=O)[O-])c1. The maximum absolute atomic E-state index is 10.7. The zero-order valence-electron chi connectivity index (χ0n) is 9.13. The first kappa shape index (κ1) is 12.8. The number of nitro groups is 2. The Kier molecular flexibility index (Phi) is 3.33. The van der Waals surface area contributed by atoms with Gasteiger partial charge in [-0.2, -0.15) is 0 Å². The number of rotatable bonds is 4. The van der Waals surface area contributed by atoms with Crippen LogP contribution in [0.4, 0.5) is 11.4 Å². The van der Waals surface area contributed by atoms with E-state index in [1.807, 2.05) is 0 Å². The van der Waals surface area contributed by atoms with Gasteiger partial charge in [-0.3, -0.25) is 20.2 Å². The number of non-ortho nitro benzene ring substituents is 2. The van der Waals surface area contributed by atoms with Crippen LogP contribution < -0.4 is 0 Å². The van der Waals surface area contributed by atoms with E-state index in [1.165, 1.54) is 0 Å². The molecule has 0 aliphatic heterocycles. The van der Waals surface area contributed by atoms with E-state index in [2.05, 4.69) is 15.4 Å². The van der Waals surface area contributed by atoms with Crippen LogP contribution in [0.25, 0.3) is 11.4 Å². The highest BCUT2D eigenvalue weighted by atomic mass is 35.5. The summed E-state index contributed by atoms with van der Waals surface area (Å²) < 4.78 is 0. The average Bonchev–Trinajstić information content (AvgIpc) is 2.86. The molecule has 0 fully saturated rings. The van der Waals surface area contributed by atoms with Crippen molar-refractivity contribution in [2.75, 3.05) is 0 Å². The molecule has 0 amide bonds. The van der Waals surface area contributed by atoms with E-state index in [-0.39, 0.29) is 17.4 Å². The minimum absolute atomic E-state index is 0.0208. The molecule has 0 radical (unpaired) electrons. The van der Waals surface area contributed by atoms with Gasteiger partial charge in [0.1, 0.15) is 6.00 Å². The lowest BCUT2D eigenvalue weighted by Crippen LogP contribution is -1.97. The highest BCUT2D eigenvalue weighted by Gasteiger charge is 2.19. The van der Waals surface area contributed by atoms with Crippen molar-refractivity contribution in [2.45, 2.75) is 6.00 Å². The Morgan fingerprint density at radius 3 is 2.16 bits per heavy atom. The molecule has 0 bridgehead atoms. The molecule has 0 saturated heterocycles. The van der Waals surface area contributed by atoms with E-state index in [1.54, 1.807) is 0 Å². The number of tetrazole rings is 1. The molecule has 1 aromatic heterocycles. The van der Waals surface area contributed by atoms with Crippen molar-refractivity contribution in [2.24, 2.45) is 0 Å². The number of alkyl halides is 1. The van der Waals surface area contributed by atoms with Crippen molar-refractivity contribution in [1.82, 2.24) is 20.2 Å². The van der Waals surface area contributed by atoms with Crippen LogP contribution in [0, 0.1) is 20.2 Å². The molecule has 19 heavy (non-hydrogen) atoms. The fourth-order valence-electron chi connectivity index (χ4n) is 1.34. The zero-order chi connectivity index (χ0) is 14.0. The molecule has 1 heterocycles. The molecule has 2 rings (SSSR count). The van der Waals surface area contributed by atoms with Crippen molar-refractivity contribution in [3.8, 4) is 11.4 Å². The maximum Gasteiger partial charge on any atom is 0.277 e. The molecule has 0 spiro atoms. The fourth-order valence-corrected chi connectivity index (χ4v) is 1.45. The number of benzene rings is 1. The largest absolute Gasteiger partial charge is 0.277 e. The quantitative estimate of drug-likeness (QED) is 0.470. The van der Waals surface area contributed by atoms with Crippen molar-refractivity contribution >= 4 is 23.0 Å². The number of nitro benzene ring substituents is 2. The molecule has 0 aliphatic carbocycles. The van der Waals surface area contributed by atoms with E-state index >= 15 is 0 Å². The number of nitrogens with zero attached hydrogens (tertiary/aromatic N) is 6. The molecule has 1 aromatic carbocycles. The van der Waals surface area contributed by atoms with E-state index in [0.717, 1.165) is 23.0 Å². The third-order valence-electron chi connectivity index (χ3n) is 2.14. The van der Waals surface area contributed by atoms with Crippen LogP contribution in [0.5, 0.6) is 0 Å². The molecule has 0 atom stereocenters. The van der Waals surface area contributed by atoms with Crippen LogP contribution in [0.2, 0.25) is 0 Å². The highest BCUT2D eigenvalue weighted by Crippen LogP contribution is 2.27. The summed E-state index contributed by atoms with van der Waals surface area (Å²) in [4.78, 5) is 21.0. The number of hydrogen-bond acceptors (Lipinski definition) is 7. The van der Waals surface area contributed by atoms with Crippen LogP contribution in [0.15, 0.2) is 18.2 Å². The molecule has 11 heteroatoms. The number of hydrogen-bond donors (Lipinski definition) is 0. The van der Waals surface area contributed by atoms with Gasteiger partial charge in [-0.15, -0.1) is 15.0 Å². The molecular weight excluding hydrogens is 280 g/mol. The Morgan fingerprint density at radius 1 is 1.16 bits per heavy atom. The summed E-state index contributed by atoms with van der Waals surface area (Å²) in [6.45, 7) is 0. The second-order valence-electron chi connectivity index (χ2n) is 3.36. The first-order valence-corrected chi connectivity index (χ1v) is 5.32. The second kappa shape index (κ2) is 4.94. The predicted molar refractivity (Wildman–Crippen MR) is 62.4 cm³/mol. The van der Waals surface area contributed by atoms with E-state index in [0.29, 0.717) is 0 Å². The summed E-state index contributed by atoms with van der Waals surface area (Å²) >= 11 is 5.47. The maximum atomic E-state index is 10.7. The van der Waals surface area contributed by atoms with Crippen molar-refractivity contribution in [3.63, 3.8) is 0 Å². The molecule has 0 aliphatic rings. The van der Waals surface area contributed by atoms with Gasteiger partial charge in [0, 0.05) is 17.7 Å². The Bertz CT molecular complexity index is 624. The number of aromatic nitrogens is 4. The lowest BCUT2D eigenvalue weighted by molar-refractivity contribution is -0.394. The van der Waals surface area contributed by atoms with Crippen LogP contribution in [-0.2, 0) is 6.00 Å². The van der Waals surface area contributed by atoms with Gasteiger partial charge in [-0.25, -0.2) is 0 Å². The summed E-state index contributed by atoms with van der Waals surface area (Å²) in [5.74, 6) is 0.0208. The van der Waals surface area contributed by atoms with E-state index in [4.69, 9.17) is 11.6 Å². The van der Waals surface area contributed by atoms with Crippen LogP contribution >= 0.6 is 11.6 Å². The smallest absolute Gasteiger partial charge is 0.258 e. The molecular formula is C8H5ClN6O4. The highest BCUT2D eigenvalue weighted by molar-refractivity contribution is 6.15. The summed E-state index contributed by atoms with van der Waals surface area (Å²) in [7, 11) is 0. The standard InChI is InChI=1S/C8H5ClN6O4/c9-4-13-11-8(10-12-13)5-1-6(14(16)17)3-7(2-5)15(18)19/h1-3H,4H2. The first-order chi connectivity index (χ1) is 9.01. The van der Waals surface area contributed by atoms with Crippen LogP contribution in [0.1, 0.15) is 0 Å². The molecule has 0 unspecified atom stereocenters. The predicted octanol–water partition coefficient (Wildman–Crippen LogP) is 1.35. The number of halogens is 1. The van der Waals surface area contributed by atoms with Crippen LogP contribution in [-0.4, -0.2) is 30.1 Å². The van der Waals surface area contributed by atoms with Crippen molar-refractivity contribution in [3.05, 3.63) is 38.4 Å². The summed E-state index contributed by atoms with van der Waals surface area (Å²) in [6.07, 6.45) is 0. The van der Waals surface area contributed by atoms with Gasteiger partial charge in [0.25, 0.3) is 11.4 Å². The van der Waals surface area contributed by atoms with Gasteiger partial charge in [0.15, 0.2) is 0 Å². The van der Waals surface area contributed by atoms with Gasteiger partial charge < -0.3 is 0 Å². The summed E-state index contributed by atoms with van der Waals surface area (Å²) in [6, 6.07) is 3.06. The monoisotopic (exact) mass is 284 g/mol. The van der Waals surface area contributed by atoms with Gasteiger partial charge in [0.05, 0.1) is 15.9 Å². The Hall–Kier alpha value is -2.62. The molecule has 2 aromatic rings. The molecule has 0 saturated carbocycles. The summed E-state index contributed by atoms with van der Waals surface area (Å²) in [5, 5.41) is 32.4. The lowest BCUT2D eigenvalue weighted by Gasteiger charge is -1.97. The topological polar surface area (TPSA) is 130 Å². The van der Waals surface area contributed by atoms with Gasteiger partial charge >= 0.3 is 0 Å². The third kappa shape index (κ3) is 2.63. The van der Waals surface area contributed by atoms with E-state index in [9.17, 15) is 20.2 Å². The van der Waals surface area contributed by atoms with E-state index < -0.39 is 21.2 Å². The fraction of sp³-hybridized carbons (Fsp3) is 0.125. The average molecular weight is 285 g/mol. The molecule has 10 nitrogen and oxygen atoms in total. The Morgan fingerprint density at radius 2 is 1.74 bits per heavy atom. The lowest BCUT2D eigenvalue weighted by atomic mass is 10.1. The van der Waals surface area contributed by atoms with Crippen LogP contribution in [0.3, 0.4) is 0 Å². The first-order valence-electron chi connectivity index (χ1n) is 4.79. The Labute approximate surface area is 109 Å². The van der Waals surface area contributed by atoms with Gasteiger partial charge in [-0.05, 0) is 5.21 Å². The zero-order valence-corrected chi connectivity index (χ0v) is 9.89. The second-order valence-corrected chi connectivity index (χ2v) is 3.60. The van der Waals surface area contributed by atoms with Crippen molar-refractivity contribution < 1.29 is 9.85 Å². The minimum Gasteiger partial charge on any atom is -0.258 e. The molecule has 0 N–H and O–H groups in total.